The van der Waals surface area contributed by atoms with Gasteiger partial charge in [-0.25, -0.2) is 0 Å². The van der Waals surface area contributed by atoms with Gasteiger partial charge in [0.25, 0.3) is 5.91 Å². The van der Waals surface area contributed by atoms with E-state index >= 15 is 0 Å². The molecule has 27 heavy (non-hydrogen) atoms. The van der Waals surface area contributed by atoms with Gasteiger partial charge in [0.1, 0.15) is 17.4 Å². The number of hydrogen-bond acceptors (Lipinski definition) is 4. The number of hydrogen-bond donors (Lipinski definition) is 1. The summed E-state index contributed by atoms with van der Waals surface area (Å²) in [5.74, 6) is 0.920. The third kappa shape index (κ3) is 5.71. The number of benzene rings is 1. The van der Waals surface area contributed by atoms with E-state index in [0.717, 1.165) is 44.9 Å². The predicted octanol–water partition coefficient (Wildman–Crippen LogP) is 5.05. The van der Waals surface area contributed by atoms with Crippen LogP contribution in [-0.2, 0) is 9.53 Å². The van der Waals surface area contributed by atoms with Crippen LogP contribution in [0.4, 0.5) is 5.69 Å². The Hall–Kier alpha value is -2.06. The number of carbonyl (C=O) groups is 1. The average molecular weight is 373 g/mol. The highest BCUT2D eigenvalue weighted by molar-refractivity contribution is 5.97. The number of nitrogens with one attached hydrogen (secondary N) is 1. The normalized spacial score (nSPS) is 22.1. The fourth-order valence-electron chi connectivity index (χ4n) is 3.60. The topological polar surface area (TPSA) is 71.3 Å². The van der Waals surface area contributed by atoms with Crippen molar-refractivity contribution < 1.29 is 14.3 Å². The van der Waals surface area contributed by atoms with Gasteiger partial charge < -0.3 is 14.8 Å². The standard InChI is InChI=1S/C22H32N2O3/c1-4-6-13-26-20-10-9-19(14-18(20)16-23)24-21(25)22(27-12-5-2)11-7-8-17(3)15-22/h9-10,14,17H,4-8,11-13,15H2,1-3H3,(H,24,25). The Labute approximate surface area is 163 Å². The molecule has 1 aliphatic rings. The molecule has 0 heterocycles. The van der Waals surface area contributed by atoms with Crippen LogP contribution in [0.15, 0.2) is 18.2 Å². The highest BCUT2D eigenvalue weighted by Gasteiger charge is 2.42. The first-order valence-electron chi connectivity index (χ1n) is 10.2. The Morgan fingerprint density at radius 2 is 2.15 bits per heavy atom. The quantitative estimate of drug-likeness (QED) is 0.616. The molecule has 2 rings (SSSR count). The second-order valence-corrected chi connectivity index (χ2v) is 7.52. The zero-order valence-electron chi connectivity index (χ0n) is 16.8. The predicted molar refractivity (Wildman–Crippen MR) is 107 cm³/mol. The number of nitrogens with zero attached hydrogens (tertiary/aromatic N) is 1. The molecule has 5 nitrogen and oxygen atoms in total. The summed E-state index contributed by atoms with van der Waals surface area (Å²) >= 11 is 0. The second kappa shape index (κ2) is 10.3. The summed E-state index contributed by atoms with van der Waals surface area (Å²) < 4.78 is 11.7. The highest BCUT2D eigenvalue weighted by Crippen LogP contribution is 2.36. The fourth-order valence-corrected chi connectivity index (χ4v) is 3.60. The summed E-state index contributed by atoms with van der Waals surface area (Å²) in [5.41, 5.74) is 0.276. The maximum absolute atomic E-state index is 13.1. The summed E-state index contributed by atoms with van der Waals surface area (Å²) in [6, 6.07) is 7.39. The van der Waals surface area contributed by atoms with Crippen molar-refractivity contribution in [3.8, 4) is 11.8 Å². The van der Waals surface area contributed by atoms with Gasteiger partial charge in [0.2, 0.25) is 0 Å². The maximum Gasteiger partial charge on any atom is 0.256 e. The van der Waals surface area contributed by atoms with Gasteiger partial charge in [-0.2, -0.15) is 5.26 Å². The first-order chi connectivity index (χ1) is 13.0. The van der Waals surface area contributed by atoms with E-state index in [1.165, 1.54) is 0 Å². The second-order valence-electron chi connectivity index (χ2n) is 7.52. The zero-order valence-corrected chi connectivity index (χ0v) is 16.8. The number of amides is 1. The molecule has 1 aromatic carbocycles. The largest absolute Gasteiger partial charge is 0.492 e. The van der Waals surface area contributed by atoms with Gasteiger partial charge in [-0.15, -0.1) is 0 Å². The number of nitriles is 1. The van der Waals surface area contributed by atoms with Crippen LogP contribution in [0.1, 0.15) is 71.3 Å². The fraction of sp³-hybridized carbons (Fsp3) is 0.636. The summed E-state index contributed by atoms with van der Waals surface area (Å²) in [4.78, 5) is 13.1. The van der Waals surface area contributed by atoms with E-state index in [-0.39, 0.29) is 5.91 Å². The Balaban J connectivity index is 2.13. The molecule has 1 amide bonds. The van der Waals surface area contributed by atoms with Crippen molar-refractivity contribution in [1.29, 1.82) is 5.26 Å². The van der Waals surface area contributed by atoms with Gasteiger partial charge in [-0.05, 0) is 56.2 Å². The van der Waals surface area contributed by atoms with Crippen molar-refractivity contribution in [1.82, 2.24) is 0 Å². The molecule has 0 bridgehead atoms. The van der Waals surface area contributed by atoms with E-state index in [4.69, 9.17) is 9.47 Å². The molecular weight excluding hydrogens is 340 g/mol. The van der Waals surface area contributed by atoms with Crippen LogP contribution in [0.3, 0.4) is 0 Å². The van der Waals surface area contributed by atoms with Crippen molar-refractivity contribution in [3.63, 3.8) is 0 Å². The molecule has 0 aliphatic heterocycles. The summed E-state index contributed by atoms with van der Waals surface area (Å²) in [5, 5.41) is 12.4. The molecule has 0 aromatic heterocycles. The van der Waals surface area contributed by atoms with E-state index in [1.54, 1.807) is 18.2 Å². The number of anilines is 1. The van der Waals surface area contributed by atoms with Crippen molar-refractivity contribution in [3.05, 3.63) is 23.8 Å². The van der Waals surface area contributed by atoms with Crippen LogP contribution in [0.25, 0.3) is 0 Å². The first-order valence-corrected chi connectivity index (χ1v) is 10.2. The van der Waals surface area contributed by atoms with Crippen LogP contribution in [0.2, 0.25) is 0 Å². The molecule has 1 N–H and O–H groups in total. The molecule has 1 saturated carbocycles. The van der Waals surface area contributed by atoms with Crippen LogP contribution in [-0.4, -0.2) is 24.7 Å². The summed E-state index contributed by atoms with van der Waals surface area (Å²) in [6.07, 6.45) is 6.46. The smallest absolute Gasteiger partial charge is 0.256 e. The van der Waals surface area contributed by atoms with Gasteiger partial charge >= 0.3 is 0 Å². The Morgan fingerprint density at radius 1 is 1.33 bits per heavy atom. The Morgan fingerprint density at radius 3 is 2.81 bits per heavy atom. The van der Waals surface area contributed by atoms with Crippen LogP contribution < -0.4 is 10.1 Å². The summed E-state index contributed by atoms with van der Waals surface area (Å²) in [6.45, 7) is 7.48. The number of ether oxygens (including phenoxy) is 2. The van der Waals surface area contributed by atoms with E-state index in [1.807, 2.05) is 6.92 Å². The number of rotatable bonds is 9. The Bertz CT molecular complexity index is 668. The molecule has 2 unspecified atom stereocenters. The van der Waals surface area contributed by atoms with Crippen LogP contribution in [0.5, 0.6) is 5.75 Å². The minimum atomic E-state index is -0.767. The SMILES string of the molecule is CCCCOc1ccc(NC(=O)C2(OCCC)CCCC(C)C2)cc1C#N. The molecule has 1 aliphatic carbocycles. The minimum Gasteiger partial charge on any atom is -0.492 e. The maximum atomic E-state index is 13.1. The first kappa shape index (κ1) is 21.2. The summed E-state index contributed by atoms with van der Waals surface area (Å²) in [7, 11) is 0. The van der Waals surface area contributed by atoms with Crippen molar-refractivity contribution >= 4 is 11.6 Å². The van der Waals surface area contributed by atoms with E-state index in [0.29, 0.717) is 36.1 Å². The monoisotopic (exact) mass is 372 g/mol. The lowest BCUT2D eigenvalue weighted by Gasteiger charge is -2.38. The van der Waals surface area contributed by atoms with E-state index in [9.17, 15) is 10.1 Å². The van der Waals surface area contributed by atoms with Crippen molar-refractivity contribution in [2.45, 2.75) is 71.3 Å². The van der Waals surface area contributed by atoms with Crippen LogP contribution in [0, 0.1) is 17.2 Å². The van der Waals surface area contributed by atoms with Gasteiger partial charge in [-0.3, -0.25) is 4.79 Å². The molecule has 5 heteroatoms. The molecule has 1 aromatic rings. The highest BCUT2D eigenvalue weighted by atomic mass is 16.5. The molecule has 0 radical (unpaired) electrons. The third-order valence-electron chi connectivity index (χ3n) is 5.07. The average Bonchev–Trinajstić information content (AvgIpc) is 2.67. The van der Waals surface area contributed by atoms with Crippen LogP contribution >= 0.6 is 0 Å². The molecule has 0 spiro atoms. The molecule has 2 atom stereocenters. The van der Waals surface area contributed by atoms with Crippen molar-refractivity contribution in [2.75, 3.05) is 18.5 Å². The number of unbranched alkanes of at least 4 members (excludes halogenated alkanes) is 1. The molecular formula is C22H32N2O3. The van der Waals surface area contributed by atoms with E-state index in [2.05, 4.69) is 25.2 Å². The Kier molecular flexibility index (Phi) is 8.12. The molecule has 148 valence electrons. The minimum absolute atomic E-state index is 0.106. The zero-order chi connectivity index (χ0) is 19.7. The van der Waals surface area contributed by atoms with Gasteiger partial charge in [0.15, 0.2) is 0 Å². The molecule has 1 fully saturated rings. The lowest BCUT2D eigenvalue weighted by Crippen LogP contribution is -2.48. The molecule has 0 saturated heterocycles. The lowest BCUT2D eigenvalue weighted by atomic mass is 9.78. The van der Waals surface area contributed by atoms with Gasteiger partial charge in [-0.1, -0.05) is 33.6 Å². The number of carbonyl (C=O) groups excluding carboxylic acids is 1. The van der Waals surface area contributed by atoms with E-state index < -0.39 is 5.60 Å². The third-order valence-corrected chi connectivity index (χ3v) is 5.07. The lowest BCUT2D eigenvalue weighted by molar-refractivity contribution is -0.148. The van der Waals surface area contributed by atoms with Gasteiger partial charge in [0.05, 0.1) is 12.2 Å². The van der Waals surface area contributed by atoms with Gasteiger partial charge in [0, 0.05) is 12.3 Å². The van der Waals surface area contributed by atoms with Crippen molar-refractivity contribution in [2.24, 2.45) is 5.92 Å².